The Morgan fingerprint density at radius 3 is 2.34 bits per heavy atom. The summed E-state index contributed by atoms with van der Waals surface area (Å²) in [6.07, 6.45) is -4.49. The smallest absolute Gasteiger partial charge is 0.378 e. The maximum absolute atomic E-state index is 13.2. The quantitative estimate of drug-likeness (QED) is 0.780. The van der Waals surface area contributed by atoms with Crippen molar-refractivity contribution in [1.29, 1.82) is 0 Å². The van der Waals surface area contributed by atoms with Crippen LogP contribution in [0.1, 0.15) is 16.7 Å². The van der Waals surface area contributed by atoms with Crippen molar-refractivity contribution >= 4 is 23.0 Å². The lowest BCUT2D eigenvalue weighted by Crippen LogP contribution is -2.37. The molecular formula is C21H24F3N3O2. The van der Waals surface area contributed by atoms with Gasteiger partial charge in [0.2, 0.25) is 5.91 Å². The number of nitrogens with zero attached hydrogens (tertiary/aromatic N) is 1. The molecule has 0 bridgehead atoms. The number of alkyl halides is 3. The van der Waals surface area contributed by atoms with Crippen molar-refractivity contribution in [2.75, 3.05) is 48.4 Å². The molecule has 0 aliphatic carbocycles. The lowest BCUT2D eigenvalue weighted by Gasteiger charge is -2.31. The molecule has 0 radical (unpaired) electrons. The molecule has 1 aliphatic heterocycles. The first-order chi connectivity index (χ1) is 13.7. The number of amides is 1. The highest BCUT2D eigenvalue weighted by Gasteiger charge is 2.31. The number of carbonyl (C=O) groups is 1. The van der Waals surface area contributed by atoms with Crippen LogP contribution in [0.2, 0.25) is 0 Å². The zero-order chi connectivity index (χ0) is 21.0. The number of morpholine rings is 1. The Bertz CT molecular complexity index is 858. The molecule has 156 valence electrons. The van der Waals surface area contributed by atoms with Crippen molar-refractivity contribution in [2.24, 2.45) is 0 Å². The zero-order valence-electron chi connectivity index (χ0n) is 16.4. The van der Waals surface area contributed by atoms with Crippen LogP contribution < -0.4 is 15.5 Å². The Balaban J connectivity index is 1.76. The topological polar surface area (TPSA) is 53.6 Å². The minimum absolute atomic E-state index is 0.0539. The number of hydrogen-bond acceptors (Lipinski definition) is 4. The van der Waals surface area contributed by atoms with E-state index >= 15 is 0 Å². The second kappa shape index (κ2) is 8.73. The van der Waals surface area contributed by atoms with E-state index in [4.69, 9.17) is 4.74 Å². The summed E-state index contributed by atoms with van der Waals surface area (Å²) in [6, 6.07) is 9.25. The molecule has 0 aromatic heterocycles. The zero-order valence-corrected chi connectivity index (χ0v) is 16.4. The number of carbonyl (C=O) groups excluding carboxylic acids is 1. The minimum Gasteiger partial charge on any atom is -0.378 e. The van der Waals surface area contributed by atoms with Crippen molar-refractivity contribution in [2.45, 2.75) is 20.0 Å². The molecule has 2 N–H and O–H groups in total. The number of halogens is 3. The van der Waals surface area contributed by atoms with E-state index in [0.717, 1.165) is 28.9 Å². The highest BCUT2D eigenvalue weighted by molar-refractivity contribution is 5.97. The van der Waals surface area contributed by atoms with Gasteiger partial charge in [-0.25, -0.2) is 0 Å². The summed E-state index contributed by atoms with van der Waals surface area (Å²) in [7, 11) is 0. The largest absolute Gasteiger partial charge is 0.416 e. The summed E-state index contributed by atoms with van der Waals surface area (Å²) in [5, 5.41) is 5.66. The first-order valence-electron chi connectivity index (χ1n) is 9.38. The third-order valence-electron chi connectivity index (χ3n) is 4.62. The molecule has 0 saturated carbocycles. The van der Waals surface area contributed by atoms with Gasteiger partial charge >= 0.3 is 6.18 Å². The van der Waals surface area contributed by atoms with Crippen LogP contribution in [0.25, 0.3) is 0 Å². The van der Waals surface area contributed by atoms with Gasteiger partial charge in [0, 0.05) is 18.8 Å². The van der Waals surface area contributed by atoms with E-state index in [-0.39, 0.29) is 12.2 Å². The van der Waals surface area contributed by atoms with E-state index in [0.29, 0.717) is 32.0 Å². The standard InChI is InChI=1S/C21H24F3N3O2/c1-14-9-15(2)11-17(10-14)25-13-20(28)26-18-12-16(21(22,23)24)3-4-19(18)27-5-7-29-8-6-27/h3-4,9-12,25H,5-8,13H2,1-2H3,(H,26,28). The van der Waals surface area contributed by atoms with E-state index in [1.165, 1.54) is 6.07 Å². The fourth-order valence-electron chi connectivity index (χ4n) is 3.35. The van der Waals surface area contributed by atoms with Crippen LogP contribution in [-0.4, -0.2) is 38.8 Å². The number of rotatable bonds is 5. The molecular weight excluding hydrogens is 383 g/mol. The Hall–Kier alpha value is -2.74. The van der Waals surface area contributed by atoms with E-state index in [1.807, 2.05) is 36.9 Å². The fraction of sp³-hybridized carbons (Fsp3) is 0.381. The molecule has 0 atom stereocenters. The Labute approximate surface area is 167 Å². The molecule has 1 fully saturated rings. The van der Waals surface area contributed by atoms with Gasteiger partial charge in [0.25, 0.3) is 0 Å². The van der Waals surface area contributed by atoms with Gasteiger partial charge in [-0.2, -0.15) is 13.2 Å². The summed E-state index contributed by atoms with van der Waals surface area (Å²) in [5.41, 5.74) is 2.80. The normalized spacial score (nSPS) is 14.6. The van der Waals surface area contributed by atoms with Crippen LogP contribution in [0.4, 0.5) is 30.2 Å². The number of ether oxygens (including phenoxy) is 1. The van der Waals surface area contributed by atoms with Gasteiger partial charge in [0.1, 0.15) is 0 Å². The highest BCUT2D eigenvalue weighted by Crippen LogP contribution is 2.35. The molecule has 1 aliphatic rings. The number of aryl methyl sites for hydroxylation is 2. The van der Waals surface area contributed by atoms with E-state index in [9.17, 15) is 18.0 Å². The fourth-order valence-corrected chi connectivity index (χ4v) is 3.35. The molecule has 5 nitrogen and oxygen atoms in total. The second-order valence-electron chi connectivity index (χ2n) is 7.11. The molecule has 29 heavy (non-hydrogen) atoms. The van der Waals surface area contributed by atoms with Gasteiger partial charge in [0.15, 0.2) is 0 Å². The van der Waals surface area contributed by atoms with Gasteiger partial charge in [-0.15, -0.1) is 0 Å². The van der Waals surface area contributed by atoms with Crippen molar-refractivity contribution in [3.63, 3.8) is 0 Å². The van der Waals surface area contributed by atoms with Gasteiger partial charge in [0.05, 0.1) is 36.7 Å². The third kappa shape index (κ3) is 5.63. The van der Waals surface area contributed by atoms with Crippen molar-refractivity contribution in [3.05, 3.63) is 53.1 Å². The Kier molecular flexibility index (Phi) is 6.32. The van der Waals surface area contributed by atoms with E-state index in [1.54, 1.807) is 0 Å². The Morgan fingerprint density at radius 2 is 1.72 bits per heavy atom. The molecule has 3 rings (SSSR count). The summed E-state index contributed by atoms with van der Waals surface area (Å²) >= 11 is 0. The summed E-state index contributed by atoms with van der Waals surface area (Å²) in [4.78, 5) is 14.4. The molecule has 2 aromatic rings. The molecule has 1 saturated heterocycles. The van der Waals surface area contributed by atoms with Crippen LogP contribution in [0.5, 0.6) is 0 Å². The highest BCUT2D eigenvalue weighted by atomic mass is 19.4. The maximum atomic E-state index is 13.2. The summed E-state index contributed by atoms with van der Waals surface area (Å²) in [5.74, 6) is -0.419. The SMILES string of the molecule is Cc1cc(C)cc(NCC(=O)Nc2cc(C(F)(F)F)ccc2N2CCOCC2)c1. The lowest BCUT2D eigenvalue weighted by atomic mass is 10.1. The van der Waals surface area contributed by atoms with Crippen LogP contribution in [0, 0.1) is 13.8 Å². The first-order valence-corrected chi connectivity index (χ1v) is 9.38. The third-order valence-corrected chi connectivity index (χ3v) is 4.62. The molecule has 0 unspecified atom stereocenters. The number of benzene rings is 2. The summed E-state index contributed by atoms with van der Waals surface area (Å²) < 4.78 is 44.8. The monoisotopic (exact) mass is 407 g/mol. The lowest BCUT2D eigenvalue weighted by molar-refractivity contribution is -0.137. The predicted octanol–water partition coefficient (Wildman–Crippen LogP) is 4.21. The number of anilines is 3. The first kappa shape index (κ1) is 21.0. The van der Waals surface area contributed by atoms with Crippen LogP contribution in [0.3, 0.4) is 0 Å². The van der Waals surface area contributed by atoms with Gasteiger partial charge in [-0.3, -0.25) is 4.79 Å². The van der Waals surface area contributed by atoms with Crippen molar-refractivity contribution in [1.82, 2.24) is 0 Å². The van der Waals surface area contributed by atoms with Crippen molar-refractivity contribution in [3.8, 4) is 0 Å². The van der Waals surface area contributed by atoms with Gasteiger partial charge < -0.3 is 20.3 Å². The van der Waals surface area contributed by atoms with E-state index in [2.05, 4.69) is 10.6 Å². The molecule has 1 heterocycles. The Morgan fingerprint density at radius 1 is 1.07 bits per heavy atom. The van der Waals surface area contributed by atoms with Crippen LogP contribution in [-0.2, 0) is 15.7 Å². The minimum atomic E-state index is -4.49. The van der Waals surface area contributed by atoms with E-state index < -0.39 is 17.6 Å². The molecule has 8 heteroatoms. The maximum Gasteiger partial charge on any atom is 0.416 e. The molecule has 1 amide bonds. The average Bonchev–Trinajstić information content (AvgIpc) is 2.65. The molecule has 2 aromatic carbocycles. The number of hydrogen-bond donors (Lipinski definition) is 2. The molecule has 0 spiro atoms. The van der Waals surface area contributed by atoms with Crippen molar-refractivity contribution < 1.29 is 22.7 Å². The second-order valence-corrected chi connectivity index (χ2v) is 7.11. The predicted molar refractivity (Wildman–Crippen MR) is 108 cm³/mol. The summed E-state index contributed by atoms with van der Waals surface area (Å²) in [6.45, 7) is 5.93. The number of nitrogens with one attached hydrogen (secondary N) is 2. The van der Waals surface area contributed by atoms with Crippen LogP contribution >= 0.6 is 0 Å². The average molecular weight is 407 g/mol. The van der Waals surface area contributed by atoms with Crippen LogP contribution in [0.15, 0.2) is 36.4 Å². The van der Waals surface area contributed by atoms with Gasteiger partial charge in [-0.05, 0) is 55.3 Å². The van der Waals surface area contributed by atoms with Gasteiger partial charge in [-0.1, -0.05) is 6.07 Å².